The molecular formula is C21H34N6O2. The van der Waals surface area contributed by atoms with Crippen LogP contribution in [0.4, 0.5) is 10.6 Å². The van der Waals surface area contributed by atoms with Crippen LogP contribution >= 0.6 is 0 Å². The van der Waals surface area contributed by atoms with Crippen LogP contribution in [0.2, 0.25) is 0 Å². The highest BCUT2D eigenvalue weighted by atomic mass is 16.6. The van der Waals surface area contributed by atoms with Crippen LogP contribution in [-0.2, 0) is 11.3 Å². The van der Waals surface area contributed by atoms with Crippen molar-refractivity contribution in [3.8, 4) is 0 Å². The van der Waals surface area contributed by atoms with Gasteiger partial charge in [0.1, 0.15) is 11.4 Å². The molecule has 0 radical (unpaired) electrons. The Morgan fingerprint density at radius 1 is 1.10 bits per heavy atom. The first-order valence-corrected chi connectivity index (χ1v) is 10.5. The molecule has 0 bridgehead atoms. The zero-order chi connectivity index (χ0) is 20.9. The first-order chi connectivity index (χ1) is 13.8. The van der Waals surface area contributed by atoms with Crippen LogP contribution in [0.15, 0.2) is 23.3 Å². The Morgan fingerprint density at radius 3 is 2.41 bits per heavy atom. The highest BCUT2D eigenvalue weighted by Crippen LogP contribution is 2.19. The predicted molar refractivity (Wildman–Crippen MR) is 115 cm³/mol. The predicted octanol–water partition coefficient (Wildman–Crippen LogP) is 2.44. The maximum absolute atomic E-state index is 12.2. The van der Waals surface area contributed by atoms with Crippen molar-refractivity contribution >= 4 is 17.9 Å². The molecule has 1 aromatic heterocycles. The van der Waals surface area contributed by atoms with Gasteiger partial charge in [-0.1, -0.05) is 0 Å². The van der Waals surface area contributed by atoms with Crippen LogP contribution in [0.5, 0.6) is 0 Å². The number of hydrogen-bond donors (Lipinski definition) is 1. The minimum absolute atomic E-state index is 0.269. The molecule has 0 unspecified atom stereocenters. The molecule has 1 aromatic rings. The summed E-state index contributed by atoms with van der Waals surface area (Å²) in [5.74, 6) is 1.55. The van der Waals surface area contributed by atoms with Crippen LogP contribution in [0, 0.1) is 0 Å². The molecule has 2 aliphatic rings. The van der Waals surface area contributed by atoms with Crippen molar-refractivity contribution in [3.05, 3.63) is 23.9 Å². The van der Waals surface area contributed by atoms with E-state index >= 15 is 0 Å². The quantitative estimate of drug-likeness (QED) is 0.617. The summed E-state index contributed by atoms with van der Waals surface area (Å²) in [5, 5.41) is 0. The molecule has 2 fully saturated rings. The molecule has 8 heteroatoms. The Hall–Kier alpha value is -2.51. The molecule has 3 rings (SSSR count). The SMILES string of the molecule is CC(C)(C)OC(=O)N1CCN(C(N)=NCc2ccnc(N3CCCCC3)c2)CC1. The number of piperazine rings is 1. The van der Waals surface area contributed by atoms with Gasteiger partial charge in [0.25, 0.3) is 0 Å². The number of carbonyl (C=O) groups is 1. The van der Waals surface area contributed by atoms with Gasteiger partial charge in [-0.05, 0) is 57.7 Å². The summed E-state index contributed by atoms with van der Waals surface area (Å²) < 4.78 is 5.44. The van der Waals surface area contributed by atoms with Crippen LogP contribution in [0.25, 0.3) is 0 Å². The number of nitrogens with two attached hydrogens (primary N) is 1. The van der Waals surface area contributed by atoms with Crippen molar-refractivity contribution in [3.63, 3.8) is 0 Å². The Kier molecular flexibility index (Phi) is 6.82. The van der Waals surface area contributed by atoms with Gasteiger partial charge in [-0.2, -0.15) is 0 Å². The number of piperidine rings is 1. The van der Waals surface area contributed by atoms with Crippen molar-refractivity contribution in [2.24, 2.45) is 10.7 Å². The minimum atomic E-state index is -0.480. The van der Waals surface area contributed by atoms with E-state index in [0.717, 1.165) is 24.5 Å². The van der Waals surface area contributed by atoms with Crippen molar-refractivity contribution < 1.29 is 9.53 Å². The molecule has 0 spiro atoms. The second-order valence-corrected chi connectivity index (χ2v) is 8.70. The average Bonchev–Trinajstić information content (AvgIpc) is 2.72. The number of anilines is 1. The first-order valence-electron chi connectivity index (χ1n) is 10.5. The average molecular weight is 403 g/mol. The van der Waals surface area contributed by atoms with Gasteiger partial charge in [-0.25, -0.2) is 14.8 Å². The molecule has 2 aliphatic heterocycles. The van der Waals surface area contributed by atoms with Crippen LogP contribution < -0.4 is 10.6 Å². The lowest BCUT2D eigenvalue weighted by Gasteiger charge is -2.36. The van der Waals surface area contributed by atoms with Gasteiger partial charge >= 0.3 is 6.09 Å². The van der Waals surface area contributed by atoms with Gasteiger partial charge in [-0.15, -0.1) is 0 Å². The smallest absolute Gasteiger partial charge is 0.410 e. The lowest BCUT2D eigenvalue weighted by molar-refractivity contribution is 0.0186. The molecule has 8 nitrogen and oxygen atoms in total. The van der Waals surface area contributed by atoms with E-state index in [1.165, 1.54) is 19.3 Å². The van der Waals surface area contributed by atoms with Crippen molar-refractivity contribution in [1.29, 1.82) is 0 Å². The zero-order valence-corrected chi connectivity index (χ0v) is 17.9. The maximum atomic E-state index is 12.2. The third-order valence-electron chi connectivity index (χ3n) is 5.17. The monoisotopic (exact) mass is 402 g/mol. The van der Waals surface area contributed by atoms with Crippen molar-refractivity contribution in [2.75, 3.05) is 44.2 Å². The Balaban J connectivity index is 1.51. The van der Waals surface area contributed by atoms with E-state index in [4.69, 9.17) is 10.5 Å². The van der Waals surface area contributed by atoms with Gasteiger partial charge in [0.05, 0.1) is 6.54 Å². The molecule has 1 amide bonds. The van der Waals surface area contributed by atoms with E-state index in [0.29, 0.717) is 38.7 Å². The number of ether oxygens (including phenoxy) is 1. The Labute approximate surface area is 173 Å². The van der Waals surface area contributed by atoms with Crippen LogP contribution in [0.1, 0.15) is 45.6 Å². The lowest BCUT2D eigenvalue weighted by atomic mass is 10.1. The summed E-state index contributed by atoms with van der Waals surface area (Å²) in [6.45, 7) is 10.8. The highest BCUT2D eigenvalue weighted by Gasteiger charge is 2.26. The number of aromatic nitrogens is 1. The summed E-state index contributed by atoms with van der Waals surface area (Å²) in [6, 6.07) is 4.10. The second kappa shape index (κ2) is 9.33. The first kappa shape index (κ1) is 21.2. The van der Waals surface area contributed by atoms with Crippen LogP contribution in [0.3, 0.4) is 0 Å². The number of guanidine groups is 1. The van der Waals surface area contributed by atoms with Gasteiger partial charge in [-0.3, -0.25) is 0 Å². The lowest BCUT2D eigenvalue weighted by Crippen LogP contribution is -2.53. The highest BCUT2D eigenvalue weighted by molar-refractivity contribution is 5.78. The second-order valence-electron chi connectivity index (χ2n) is 8.70. The number of amides is 1. The molecule has 2 N–H and O–H groups in total. The third kappa shape index (κ3) is 6.24. The maximum Gasteiger partial charge on any atom is 0.410 e. The fraction of sp³-hybridized carbons (Fsp3) is 0.667. The van der Waals surface area contributed by atoms with Gasteiger partial charge < -0.3 is 25.2 Å². The summed E-state index contributed by atoms with van der Waals surface area (Å²) in [4.78, 5) is 27.4. The van der Waals surface area contributed by atoms with Gasteiger partial charge in [0.2, 0.25) is 0 Å². The molecule has 0 saturated carbocycles. The molecular weight excluding hydrogens is 368 g/mol. The minimum Gasteiger partial charge on any atom is -0.444 e. The number of aliphatic imine (C=N–C) groups is 1. The van der Waals surface area contributed by atoms with Gasteiger partial charge in [0.15, 0.2) is 5.96 Å². The molecule has 0 atom stereocenters. The Morgan fingerprint density at radius 2 is 1.76 bits per heavy atom. The number of pyridine rings is 1. The fourth-order valence-corrected chi connectivity index (χ4v) is 3.57. The molecule has 29 heavy (non-hydrogen) atoms. The molecule has 2 saturated heterocycles. The number of rotatable bonds is 3. The summed E-state index contributed by atoms with van der Waals surface area (Å²) in [7, 11) is 0. The fourth-order valence-electron chi connectivity index (χ4n) is 3.57. The zero-order valence-electron chi connectivity index (χ0n) is 17.9. The standard InChI is InChI=1S/C21H34N6O2/c1-21(2,3)29-20(28)27-13-11-26(12-14-27)19(22)24-16-17-7-8-23-18(15-17)25-9-5-4-6-10-25/h7-8,15H,4-6,9-14,16H2,1-3H3,(H2,22,24). The summed E-state index contributed by atoms with van der Waals surface area (Å²) >= 11 is 0. The third-order valence-corrected chi connectivity index (χ3v) is 5.17. The van der Waals surface area contributed by atoms with Gasteiger partial charge in [0, 0.05) is 45.5 Å². The normalized spacial score (nSPS) is 18.7. The molecule has 3 heterocycles. The largest absolute Gasteiger partial charge is 0.444 e. The number of carbonyl (C=O) groups excluding carboxylic acids is 1. The molecule has 0 aliphatic carbocycles. The van der Waals surface area contributed by atoms with E-state index in [2.05, 4.69) is 20.9 Å². The van der Waals surface area contributed by atoms with E-state index in [1.54, 1.807) is 4.90 Å². The molecule has 160 valence electrons. The van der Waals surface area contributed by atoms with E-state index in [9.17, 15) is 4.79 Å². The van der Waals surface area contributed by atoms with Crippen LogP contribution in [-0.4, -0.2) is 71.7 Å². The summed E-state index contributed by atoms with van der Waals surface area (Å²) in [6.07, 6.45) is 5.34. The van der Waals surface area contributed by atoms with Crippen molar-refractivity contribution in [1.82, 2.24) is 14.8 Å². The summed E-state index contributed by atoms with van der Waals surface area (Å²) in [5.41, 5.74) is 6.84. The number of nitrogens with zero attached hydrogens (tertiary/aromatic N) is 5. The van der Waals surface area contributed by atoms with Crippen molar-refractivity contribution in [2.45, 2.75) is 52.2 Å². The molecule has 0 aromatic carbocycles. The topological polar surface area (TPSA) is 87.3 Å². The number of hydrogen-bond acceptors (Lipinski definition) is 5. The Bertz CT molecular complexity index is 716. The van der Waals surface area contributed by atoms with E-state index < -0.39 is 5.60 Å². The van der Waals surface area contributed by atoms with E-state index in [1.807, 2.05) is 37.9 Å². The van der Waals surface area contributed by atoms with E-state index in [-0.39, 0.29) is 6.09 Å².